The number of hydrogen-bond acceptors (Lipinski definition) is 4. The quantitative estimate of drug-likeness (QED) is 0.857. The van der Waals surface area contributed by atoms with E-state index in [1.54, 1.807) is 7.05 Å². The third-order valence-corrected chi connectivity index (χ3v) is 2.12. The zero-order chi connectivity index (χ0) is 10.8. The standard InChI is InChI=1S/C9H7ClFN3O/c1-12-9-13-8(14-15-9)6-3-2-5(11)4-7(6)10/h2-4H,1H3,(H,12,13,14). The fraction of sp³-hybridized carbons (Fsp3) is 0.111. The number of aromatic nitrogens is 2. The topological polar surface area (TPSA) is 51.0 Å². The Morgan fingerprint density at radius 3 is 2.87 bits per heavy atom. The van der Waals surface area contributed by atoms with Crippen LogP contribution in [-0.4, -0.2) is 17.2 Å². The van der Waals surface area contributed by atoms with Crippen LogP contribution in [0.2, 0.25) is 5.02 Å². The first-order valence-corrected chi connectivity index (χ1v) is 4.55. The van der Waals surface area contributed by atoms with Crippen LogP contribution in [0.15, 0.2) is 22.7 Å². The highest BCUT2D eigenvalue weighted by molar-refractivity contribution is 6.33. The van der Waals surface area contributed by atoms with Gasteiger partial charge in [0.05, 0.1) is 5.02 Å². The lowest BCUT2D eigenvalue weighted by Gasteiger charge is -1.97. The maximum absolute atomic E-state index is 12.8. The van der Waals surface area contributed by atoms with Crippen LogP contribution in [0.5, 0.6) is 0 Å². The first kappa shape index (κ1) is 9.92. The van der Waals surface area contributed by atoms with Gasteiger partial charge in [-0.05, 0) is 18.2 Å². The Kier molecular flexibility index (Phi) is 2.55. The minimum atomic E-state index is -0.402. The molecule has 0 unspecified atom stereocenters. The fourth-order valence-electron chi connectivity index (χ4n) is 1.11. The largest absolute Gasteiger partial charge is 0.341 e. The summed E-state index contributed by atoms with van der Waals surface area (Å²) in [5.74, 6) is -0.0783. The zero-order valence-electron chi connectivity index (χ0n) is 7.79. The van der Waals surface area contributed by atoms with Crippen LogP contribution in [0.25, 0.3) is 11.4 Å². The smallest absolute Gasteiger partial charge is 0.321 e. The molecule has 1 aromatic carbocycles. The highest BCUT2D eigenvalue weighted by Gasteiger charge is 2.11. The van der Waals surface area contributed by atoms with Crippen LogP contribution in [0.3, 0.4) is 0 Å². The molecular weight excluding hydrogens is 221 g/mol. The van der Waals surface area contributed by atoms with Crippen molar-refractivity contribution in [1.82, 2.24) is 10.1 Å². The van der Waals surface area contributed by atoms with Crippen molar-refractivity contribution in [3.05, 3.63) is 29.0 Å². The summed E-state index contributed by atoms with van der Waals surface area (Å²) in [6.07, 6.45) is 0. The van der Waals surface area contributed by atoms with Crippen molar-refractivity contribution in [2.24, 2.45) is 0 Å². The van der Waals surface area contributed by atoms with Gasteiger partial charge < -0.3 is 9.84 Å². The maximum Gasteiger partial charge on any atom is 0.321 e. The van der Waals surface area contributed by atoms with E-state index >= 15 is 0 Å². The third kappa shape index (κ3) is 1.92. The van der Waals surface area contributed by atoms with Crippen molar-refractivity contribution < 1.29 is 8.91 Å². The van der Waals surface area contributed by atoms with Crippen LogP contribution in [-0.2, 0) is 0 Å². The average molecular weight is 228 g/mol. The second kappa shape index (κ2) is 3.86. The summed E-state index contributed by atoms with van der Waals surface area (Å²) in [7, 11) is 1.66. The molecule has 0 aliphatic heterocycles. The fourth-order valence-corrected chi connectivity index (χ4v) is 1.36. The lowest BCUT2D eigenvalue weighted by molar-refractivity contribution is 0.434. The van der Waals surface area contributed by atoms with Gasteiger partial charge in [-0.25, -0.2) is 4.39 Å². The molecule has 4 nitrogen and oxygen atoms in total. The summed E-state index contributed by atoms with van der Waals surface area (Å²) in [6.45, 7) is 0. The number of halogens is 2. The minimum Gasteiger partial charge on any atom is -0.341 e. The summed E-state index contributed by atoms with van der Waals surface area (Å²) in [5.41, 5.74) is 0.531. The molecule has 0 saturated heterocycles. The van der Waals surface area contributed by atoms with Crippen LogP contribution in [0.4, 0.5) is 10.4 Å². The molecule has 1 N–H and O–H groups in total. The van der Waals surface area contributed by atoms with Gasteiger partial charge in [0.1, 0.15) is 5.82 Å². The van der Waals surface area contributed by atoms with E-state index < -0.39 is 5.82 Å². The van der Waals surface area contributed by atoms with Crippen molar-refractivity contribution >= 4 is 17.6 Å². The SMILES string of the molecule is CNc1nc(-c2ccc(F)cc2Cl)no1. The molecule has 0 spiro atoms. The van der Waals surface area contributed by atoms with Gasteiger partial charge in [0.15, 0.2) is 0 Å². The molecule has 1 aromatic heterocycles. The summed E-state index contributed by atoms with van der Waals surface area (Å²) in [6, 6.07) is 4.27. The Labute approximate surface area is 90.1 Å². The number of rotatable bonds is 2. The molecule has 0 aliphatic carbocycles. The summed E-state index contributed by atoms with van der Waals surface area (Å²) < 4.78 is 17.6. The summed E-state index contributed by atoms with van der Waals surface area (Å²) in [4.78, 5) is 3.99. The first-order valence-electron chi connectivity index (χ1n) is 4.17. The van der Waals surface area contributed by atoms with E-state index in [-0.39, 0.29) is 11.0 Å². The summed E-state index contributed by atoms with van der Waals surface area (Å²) in [5, 5.41) is 6.63. The highest BCUT2D eigenvalue weighted by Crippen LogP contribution is 2.26. The van der Waals surface area contributed by atoms with Gasteiger partial charge in [-0.15, -0.1) is 0 Å². The van der Waals surface area contributed by atoms with E-state index in [1.807, 2.05) is 0 Å². The molecule has 15 heavy (non-hydrogen) atoms. The van der Waals surface area contributed by atoms with Gasteiger partial charge >= 0.3 is 6.01 Å². The van der Waals surface area contributed by atoms with Crippen molar-refractivity contribution in [3.63, 3.8) is 0 Å². The van der Waals surface area contributed by atoms with Crippen molar-refractivity contribution in [2.45, 2.75) is 0 Å². The Bertz CT molecular complexity index is 486. The van der Waals surface area contributed by atoms with E-state index in [0.717, 1.165) is 0 Å². The van der Waals surface area contributed by atoms with Crippen LogP contribution < -0.4 is 5.32 Å². The predicted molar refractivity (Wildman–Crippen MR) is 54.2 cm³/mol. The van der Waals surface area contributed by atoms with E-state index in [9.17, 15) is 4.39 Å². The molecule has 2 aromatic rings. The molecule has 6 heteroatoms. The molecule has 0 fully saturated rings. The molecule has 0 aliphatic rings. The molecule has 2 rings (SSSR count). The van der Waals surface area contributed by atoms with E-state index in [4.69, 9.17) is 16.1 Å². The summed E-state index contributed by atoms with van der Waals surface area (Å²) >= 11 is 5.83. The van der Waals surface area contributed by atoms with Crippen LogP contribution in [0.1, 0.15) is 0 Å². The average Bonchev–Trinajstić information content (AvgIpc) is 2.66. The van der Waals surface area contributed by atoms with Gasteiger partial charge in [-0.3, -0.25) is 0 Å². The van der Waals surface area contributed by atoms with Crippen molar-refractivity contribution in [2.75, 3.05) is 12.4 Å². The van der Waals surface area contributed by atoms with Crippen LogP contribution in [0, 0.1) is 5.82 Å². The van der Waals surface area contributed by atoms with Crippen LogP contribution >= 0.6 is 11.6 Å². The number of anilines is 1. The van der Waals surface area contributed by atoms with E-state index in [0.29, 0.717) is 11.4 Å². The highest BCUT2D eigenvalue weighted by atomic mass is 35.5. The van der Waals surface area contributed by atoms with Gasteiger partial charge in [0.25, 0.3) is 0 Å². The van der Waals surface area contributed by atoms with E-state index in [2.05, 4.69) is 15.5 Å². The number of nitrogens with zero attached hydrogens (tertiary/aromatic N) is 2. The van der Waals surface area contributed by atoms with Crippen molar-refractivity contribution in [1.29, 1.82) is 0 Å². The zero-order valence-corrected chi connectivity index (χ0v) is 8.55. The molecule has 0 amide bonds. The molecule has 78 valence electrons. The molecule has 0 radical (unpaired) electrons. The van der Waals surface area contributed by atoms with Gasteiger partial charge in [0, 0.05) is 12.6 Å². The van der Waals surface area contributed by atoms with Gasteiger partial charge in [0.2, 0.25) is 5.82 Å². The number of hydrogen-bond donors (Lipinski definition) is 1. The number of benzene rings is 1. The second-order valence-electron chi connectivity index (χ2n) is 2.80. The molecular formula is C9H7ClFN3O. The third-order valence-electron chi connectivity index (χ3n) is 1.81. The second-order valence-corrected chi connectivity index (χ2v) is 3.20. The minimum absolute atomic E-state index is 0.249. The lowest BCUT2D eigenvalue weighted by Crippen LogP contribution is -1.87. The van der Waals surface area contributed by atoms with E-state index in [1.165, 1.54) is 18.2 Å². The first-order chi connectivity index (χ1) is 7.20. The Hall–Kier alpha value is -1.62. The molecule has 1 heterocycles. The normalized spacial score (nSPS) is 10.3. The monoisotopic (exact) mass is 227 g/mol. The van der Waals surface area contributed by atoms with Gasteiger partial charge in [-0.2, -0.15) is 4.98 Å². The Balaban J connectivity index is 2.44. The Morgan fingerprint density at radius 1 is 1.47 bits per heavy atom. The molecule has 0 atom stereocenters. The van der Waals surface area contributed by atoms with Gasteiger partial charge in [-0.1, -0.05) is 16.8 Å². The van der Waals surface area contributed by atoms with Crippen molar-refractivity contribution in [3.8, 4) is 11.4 Å². The predicted octanol–water partition coefficient (Wildman–Crippen LogP) is 2.57. The molecule has 0 saturated carbocycles. The molecule has 0 bridgehead atoms. The maximum atomic E-state index is 12.8. The Morgan fingerprint density at radius 2 is 2.27 bits per heavy atom. The lowest BCUT2D eigenvalue weighted by atomic mass is 10.2. The number of nitrogens with one attached hydrogen (secondary N) is 1.